The number of carbonyl (C=O) groups is 2. The lowest BCUT2D eigenvalue weighted by molar-refractivity contribution is -0.385. The molecule has 0 aromatic heterocycles. The van der Waals surface area contributed by atoms with Crippen LogP contribution in [0.2, 0.25) is 5.02 Å². The van der Waals surface area contributed by atoms with E-state index in [1.165, 1.54) is 18.2 Å². The molecule has 0 saturated heterocycles. The third kappa shape index (κ3) is 5.29. The Morgan fingerprint density at radius 1 is 1.24 bits per heavy atom. The van der Waals surface area contributed by atoms with Gasteiger partial charge < -0.3 is 10.1 Å². The van der Waals surface area contributed by atoms with Crippen LogP contribution in [-0.2, 0) is 20.7 Å². The number of hydrogen-bond donors (Lipinski definition) is 1. The molecule has 8 heteroatoms. The minimum atomic E-state index is -0.737. The molecule has 1 amide bonds. The molecule has 0 saturated carbocycles. The standard InChI is InChI=1S/C17H15ClN2O5/c1-11-6-7-14(13(18)8-11)19-16(21)10-25-17(22)9-12-4-2-3-5-15(12)20(23)24/h2-8H,9-10H2,1H3,(H,19,21). The summed E-state index contributed by atoms with van der Waals surface area (Å²) in [5.41, 5.74) is 1.40. The second-order valence-electron chi connectivity index (χ2n) is 5.25. The van der Waals surface area contributed by atoms with Crippen molar-refractivity contribution in [3.05, 3.63) is 68.7 Å². The maximum absolute atomic E-state index is 11.8. The summed E-state index contributed by atoms with van der Waals surface area (Å²) < 4.78 is 4.86. The van der Waals surface area contributed by atoms with Gasteiger partial charge in [0.15, 0.2) is 6.61 Å². The van der Waals surface area contributed by atoms with E-state index in [1.807, 2.05) is 6.92 Å². The Morgan fingerprint density at radius 2 is 1.96 bits per heavy atom. The van der Waals surface area contributed by atoms with Crippen LogP contribution in [0.4, 0.5) is 11.4 Å². The molecule has 0 radical (unpaired) electrons. The summed E-state index contributed by atoms with van der Waals surface area (Å²) in [5.74, 6) is -1.29. The van der Waals surface area contributed by atoms with E-state index in [4.69, 9.17) is 16.3 Å². The van der Waals surface area contributed by atoms with Crippen molar-refractivity contribution in [3.63, 3.8) is 0 Å². The van der Waals surface area contributed by atoms with Gasteiger partial charge in [0.2, 0.25) is 0 Å². The van der Waals surface area contributed by atoms with Crippen LogP contribution in [0.1, 0.15) is 11.1 Å². The largest absolute Gasteiger partial charge is 0.455 e. The number of carbonyl (C=O) groups excluding carboxylic acids is 2. The Kier molecular flexibility index (Phi) is 6.08. The average molecular weight is 363 g/mol. The van der Waals surface area contributed by atoms with E-state index in [9.17, 15) is 19.7 Å². The second-order valence-corrected chi connectivity index (χ2v) is 5.66. The summed E-state index contributed by atoms with van der Waals surface area (Å²) in [6.07, 6.45) is -0.296. The molecule has 0 aliphatic carbocycles. The SMILES string of the molecule is Cc1ccc(NC(=O)COC(=O)Cc2ccccc2[N+](=O)[O-])c(Cl)c1. The molecule has 0 unspecified atom stereocenters. The van der Waals surface area contributed by atoms with E-state index in [-0.39, 0.29) is 17.7 Å². The molecule has 0 aliphatic rings. The molecule has 25 heavy (non-hydrogen) atoms. The molecule has 0 heterocycles. The monoisotopic (exact) mass is 362 g/mol. The molecule has 130 valence electrons. The fraction of sp³-hybridized carbons (Fsp3) is 0.176. The first kappa shape index (κ1) is 18.4. The zero-order chi connectivity index (χ0) is 18.4. The maximum atomic E-state index is 11.8. The van der Waals surface area contributed by atoms with Crippen LogP contribution in [-0.4, -0.2) is 23.4 Å². The van der Waals surface area contributed by atoms with Gasteiger partial charge in [0, 0.05) is 11.6 Å². The number of halogens is 1. The molecular formula is C17H15ClN2O5. The number of nitro benzene ring substituents is 1. The molecule has 0 atom stereocenters. The first-order valence-electron chi connectivity index (χ1n) is 7.30. The highest BCUT2D eigenvalue weighted by Crippen LogP contribution is 2.22. The van der Waals surface area contributed by atoms with Crippen LogP contribution in [0.5, 0.6) is 0 Å². The van der Waals surface area contributed by atoms with E-state index in [2.05, 4.69) is 5.32 Å². The molecule has 0 bridgehead atoms. The van der Waals surface area contributed by atoms with Crippen molar-refractivity contribution < 1.29 is 19.2 Å². The molecule has 0 spiro atoms. The van der Waals surface area contributed by atoms with E-state index in [0.29, 0.717) is 10.7 Å². The molecule has 0 aliphatic heterocycles. The number of nitrogens with zero attached hydrogens (tertiary/aromatic N) is 1. The number of aryl methyl sites for hydroxylation is 1. The zero-order valence-electron chi connectivity index (χ0n) is 13.3. The number of amides is 1. The van der Waals surface area contributed by atoms with Gasteiger partial charge in [-0.1, -0.05) is 35.9 Å². The number of esters is 1. The zero-order valence-corrected chi connectivity index (χ0v) is 14.1. The quantitative estimate of drug-likeness (QED) is 0.483. The number of nitrogens with one attached hydrogen (secondary N) is 1. The minimum Gasteiger partial charge on any atom is -0.455 e. The lowest BCUT2D eigenvalue weighted by Gasteiger charge is -2.09. The Bertz CT molecular complexity index is 822. The number of rotatable bonds is 6. The third-order valence-corrected chi connectivity index (χ3v) is 3.60. The second kappa shape index (κ2) is 8.25. The summed E-state index contributed by atoms with van der Waals surface area (Å²) in [5, 5.41) is 13.8. The Hall–Kier alpha value is -2.93. The van der Waals surface area contributed by atoms with Crippen LogP contribution >= 0.6 is 11.6 Å². The van der Waals surface area contributed by atoms with Crippen molar-refractivity contribution in [2.75, 3.05) is 11.9 Å². The van der Waals surface area contributed by atoms with Crippen LogP contribution in [0.3, 0.4) is 0 Å². The number of anilines is 1. The first-order valence-corrected chi connectivity index (χ1v) is 7.68. The summed E-state index contributed by atoms with van der Waals surface area (Å²) in [4.78, 5) is 34.0. The molecule has 0 fully saturated rings. The van der Waals surface area contributed by atoms with E-state index in [1.54, 1.807) is 24.3 Å². The van der Waals surface area contributed by atoms with Crippen molar-refractivity contribution in [1.29, 1.82) is 0 Å². The highest BCUT2D eigenvalue weighted by atomic mass is 35.5. The smallest absolute Gasteiger partial charge is 0.311 e. The minimum absolute atomic E-state index is 0.171. The maximum Gasteiger partial charge on any atom is 0.311 e. The van der Waals surface area contributed by atoms with Crippen LogP contribution in [0, 0.1) is 17.0 Å². The summed E-state index contributed by atoms with van der Waals surface area (Å²) in [6, 6.07) is 11.0. The number of benzene rings is 2. The van der Waals surface area contributed by atoms with Gasteiger partial charge in [-0.15, -0.1) is 0 Å². The topological polar surface area (TPSA) is 98.5 Å². The number of hydrogen-bond acceptors (Lipinski definition) is 5. The highest BCUT2D eigenvalue weighted by Gasteiger charge is 2.17. The predicted octanol–water partition coefficient (Wildman–Crippen LogP) is 3.28. The number of nitro groups is 1. The molecule has 7 nitrogen and oxygen atoms in total. The molecule has 2 rings (SSSR count). The molecule has 2 aromatic rings. The normalized spacial score (nSPS) is 10.2. The van der Waals surface area contributed by atoms with Gasteiger partial charge in [-0.2, -0.15) is 0 Å². The van der Waals surface area contributed by atoms with Gasteiger partial charge in [0.25, 0.3) is 11.6 Å². The van der Waals surface area contributed by atoms with Crippen molar-refractivity contribution in [2.45, 2.75) is 13.3 Å². The van der Waals surface area contributed by atoms with Crippen molar-refractivity contribution in [3.8, 4) is 0 Å². The molecular weight excluding hydrogens is 348 g/mol. The van der Waals surface area contributed by atoms with Crippen LogP contribution in [0.15, 0.2) is 42.5 Å². The van der Waals surface area contributed by atoms with Crippen LogP contribution in [0.25, 0.3) is 0 Å². The fourth-order valence-electron chi connectivity index (χ4n) is 2.10. The van der Waals surface area contributed by atoms with Crippen molar-refractivity contribution >= 4 is 34.9 Å². The Morgan fingerprint density at radius 3 is 2.64 bits per heavy atom. The Labute approximate surface area is 148 Å². The predicted molar refractivity (Wildman–Crippen MR) is 92.6 cm³/mol. The van der Waals surface area contributed by atoms with Gasteiger partial charge in [0.05, 0.1) is 22.1 Å². The highest BCUT2D eigenvalue weighted by molar-refractivity contribution is 6.33. The third-order valence-electron chi connectivity index (χ3n) is 3.29. The van der Waals surface area contributed by atoms with E-state index in [0.717, 1.165) is 5.56 Å². The van der Waals surface area contributed by atoms with Gasteiger partial charge in [0.1, 0.15) is 0 Å². The van der Waals surface area contributed by atoms with Gasteiger partial charge in [-0.05, 0) is 24.6 Å². The molecule has 2 aromatic carbocycles. The lowest BCUT2D eigenvalue weighted by atomic mass is 10.1. The van der Waals surface area contributed by atoms with E-state index < -0.39 is 23.4 Å². The number of para-hydroxylation sites is 1. The summed E-state index contributed by atoms with van der Waals surface area (Å²) in [7, 11) is 0. The summed E-state index contributed by atoms with van der Waals surface area (Å²) in [6.45, 7) is 1.35. The number of ether oxygens (including phenoxy) is 1. The van der Waals surface area contributed by atoms with Gasteiger partial charge in [-0.3, -0.25) is 19.7 Å². The first-order chi connectivity index (χ1) is 11.9. The Balaban J connectivity index is 1.89. The van der Waals surface area contributed by atoms with E-state index >= 15 is 0 Å². The lowest BCUT2D eigenvalue weighted by Crippen LogP contribution is -2.22. The van der Waals surface area contributed by atoms with Gasteiger partial charge >= 0.3 is 5.97 Å². The molecule has 1 N–H and O–H groups in total. The summed E-state index contributed by atoms with van der Waals surface area (Å²) >= 11 is 6.00. The fourth-order valence-corrected chi connectivity index (χ4v) is 2.38. The average Bonchev–Trinajstić information content (AvgIpc) is 2.56. The van der Waals surface area contributed by atoms with Crippen molar-refractivity contribution in [2.24, 2.45) is 0 Å². The van der Waals surface area contributed by atoms with Crippen molar-refractivity contribution in [1.82, 2.24) is 0 Å². The van der Waals surface area contributed by atoms with Crippen LogP contribution < -0.4 is 5.32 Å². The van der Waals surface area contributed by atoms with Gasteiger partial charge in [-0.25, -0.2) is 0 Å².